The molecule has 0 aromatic heterocycles. The van der Waals surface area contributed by atoms with Gasteiger partial charge in [0.05, 0.1) is 6.61 Å². The first-order chi connectivity index (χ1) is 12.2. The van der Waals surface area contributed by atoms with Crippen LogP contribution in [-0.2, 0) is 4.79 Å². The number of carbonyl (C=O) groups excluding carboxylic acids is 2. The highest BCUT2D eigenvalue weighted by Crippen LogP contribution is 2.22. The lowest BCUT2D eigenvalue weighted by atomic mass is 10.1. The van der Waals surface area contributed by atoms with Crippen LogP contribution in [0.5, 0.6) is 5.75 Å². The van der Waals surface area contributed by atoms with E-state index in [-0.39, 0.29) is 11.7 Å². The molecular formula is C21H21NO3. The van der Waals surface area contributed by atoms with Crippen LogP contribution in [0.4, 0.5) is 5.69 Å². The number of amides is 1. The van der Waals surface area contributed by atoms with E-state index in [1.54, 1.807) is 29.2 Å². The molecule has 0 aliphatic carbocycles. The van der Waals surface area contributed by atoms with Gasteiger partial charge in [-0.1, -0.05) is 18.2 Å². The van der Waals surface area contributed by atoms with Gasteiger partial charge in [-0.3, -0.25) is 9.59 Å². The van der Waals surface area contributed by atoms with E-state index in [1.165, 1.54) is 0 Å². The Bertz CT molecular complexity index is 776. The van der Waals surface area contributed by atoms with Gasteiger partial charge in [0.15, 0.2) is 5.78 Å². The van der Waals surface area contributed by atoms with Crippen LogP contribution in [0.2, 0.25) is 0 Å². The van der Waals surface area contributed by atoms with E-state index >= 15 is 0 Å². The molecule has 1 saturated heterocycles. The fraction of sp³-hybridized carbons (Fsp3) is 0.238. The number of carbonyl (C=O) groups is 2. The van der Waals surface area contributed by atoms with Crippen molar-refractivity contribution in [1.82, 2.24) is 0 Å². The summed E-state index contributed by atoms with van der Waals surface area (Å²) < 4.78 is 5.40. The fourth-order valence-corrected chi connectivity index (χ4v) is 2.84. The van der Waals surface area contributed by atoms with Gasteiger partial charge >= 0.3 is 0 Å². The Kier molecular flexibility index (Phi) is 5.29. The van der Waals surface area contributed by atoms with Crippen LogP contribution in [0.15, 0.2) is 54.6 Å². The average Bonchev–Trinajstić information content (AvgIpc) is 3.07. The average molecular weight is 335 g/mol. The van der Waals surface area contributed by atoms with Crippen LogP contribution < -0.4 is 9.64 Å². The number of allylic oxidation sites excluding steroid dienone is 1. The predicted molar refractivity (Wildman–Crippen MR) is 99.0 cm³/mol. The number of hydrogen-bond acceptors (Lipinski definition) is 3. The number of benzene rings is 2. The molecule has 0 unspecified atom stereocenters. The minimum absolute atomic E-state index is 0.0619. The number of nitrogens with zero attached hydrogens (tertiary/aromatic N) is 1. The summed E-state index contributed by atoms with van der Waals surface area (Å²) in [6, 6.07) is 14.8. The molecule has 1 heterocycles. The summed E-state index contributed by atoms with van der Waals surface area (Å²) in [5.41, 5.74) is 2.41. The van der Waals surface area contributed by atoms with Crippen molar-refractivity contribution in [3.8, 4) is 5.75 Å². The first-order valence-electron chi connectivity index (χ1n) is 8.53. The Hall–Kier alpha value is -2.88. The van der Waals surface area contributed by atoms with Gasteiger partial charge in [-0.15, -0.1) is 0 Å². The fourth-order valence-electron chi connectivity index (χ4n) is 2.84. The zero-order valence-electron chi connectivity index (χ0n) is 14.3. The molecule has 1 fully saturated rings. The van der Waals surface area contributed by atoms with Crippen LogP contribution >= 0.6 is 0 Å². The van der Waals surface area contributed by atoms with Gasteiger partial charge in [-0.2, -0.15) is 0 Å². The standard InChI is InChI=1S/C21H21NO3/c1-2-25-19-12-5-16(6-13-19)7-14-20(23)17-8-10-18(11-9-17)22-15-3-4-21(22)24/h5-14H,2-4,15H2,1H3/b14-7+. The maximum atomic E-state index is 12.3. The van der Waals surface area contributed by atoms with E-state index in [4.69, 9.17) is 4.74 Å². The lowest BCUT2D eigenvalue weighted by molar-refractivity contribution is -0.117. The van der Waals surface area contributed by atoms with Gasteiger partial charge in [0, 0.05) is 24.2 Å². The summed E-state index contributed by atoms with van der Waals surface area (Å²) in [7, 11) is 0. The molecule has 1 aliphatic heterocycles. The van der Waals surface area contributed by atoms with E-state index in [1.807, 2.05) is 43.3 Å². The van der Waals surface area contributed by atoms with Crippen molar-refractivity contribution in [2.45, 2.75) is 19.8 Å². The van der Waals surface area contributed by atoms with Gasteiger partial charge in [0.25, 0.3) is 0 Å². The molecule has 0 radical (unpaired) electrons. The summed E-state index contributed by atoms with van der Waals surface area (Å²) >= 11 is 0. The molecule has 1 amide bonds. The SMILES string of the molecule is CCOc1ccc(/C=C/C(=O)c2ccc(N3CCCC3=O)cc2)cc1. The Balaban J connectivity index is 1.65. The molecule has 0 spiro atoms. The number of ether oxygens (including phenoxy) is 1. The third-order valence-corrected chi connectivity index (χ3v) is 4.16. The molecule has 0 atom stereocenters. The van der Waals surface area contributed by atoms with Gasteiger partial charge < -0.3 is 9.64 Å². The van der Waals surface area contributed by atoms with E-state index < -0.39 is 0 Å². The Morgan fingerprint density at radius 2 is 1.84 bits per heavy atom. The van der Waals surface area contributed by atoms with Crippen molar-refractivity contribution < 1.29 is 14.3 Å². The highest BCUT2D eigenvalue weighted by molar-refractivity contribution is 6.07. The Morgan fingerprint density at radius 3 is 2.44 bits per heavy atom. The zero-order chi connectivity index (χ0) is 17.6. The van der Waals surface area contributed by atoms with Gasteiger partial charge in [-0.25, -0.2) is 0 Å². The number of ketones is 1. The first kappa shape index (κ1) is 17.0. The monoisotopic (exact) mass is 335 g/mol. The molecule has 2 aromatic rings. The number of rotatable bonds is 6. The second-order valence-electron chi connectivity index (χ2n) is 5.90. The molecule has 128 valence electrons. The number of hydrogen-bond donors (Lipinski definition) is 0. The Morgan fingerprint density at radius 1 is 1.12 bits per heavy atom. The van der Waals surface area contributed by atoms with Gasteiger partial charge in [0.2, 0.25) is 5.91 Å². The minimum Gasteiger partial charge on any atom is -0.494 e. The van der Waals surface area contributed by atoms with Crippen molar-refractivity contribution in [2.24, 2.45) is 0 Å². The summed E-state index contributed by atoms with van der Waals surface area (Å²) in [5, 5.41) is 0. The van der Waals surface area contributed by atoms with E-state index in [0.29, 0.717) is 18.6 Å². The van der Waals surface area contributed by atoms with Crippen LogP contribution in [-0.4, -0.2) is 24.8 Å². The molecule has 0 saturated carbocycles. The second kappa shape index (κ2) is 7.79. The predicted octanol–water partition coefficient (Wildman–Crippen LogP) is 4.11. The molecule has 4 nitrogen and oxygen atoms in total. The van der Waals surface area contributed by atoms with Crippen molar-refractivity contribution in [2.75, 3.05) is 18.1 Å². The topological polar surface area (TPSA) is 46.6 Å². The highest BCUT2D eigenvalue weighted by atomic mass is 16.5. The van der Waals surface area contributed by atoms with Gasteiger partial charge in [-0.05, 0) is 61.4 Å². The van der Waals surface area contributed by atoms with E-state index in [2.05, 4.69) is 0 Å². The summed E-state index contributed by atoms with van der Waals surface area (Å²) in [4.78, 5) is 25.8. The van der Waals surface area contributed by atoms with Crippen LogP contribution in [0.25, 0.3) is 6.08 Å². The maximum Gasteiger partial charge on any atom is 0.227 e. The third kappa shape index (κ3) is 4.15. The summed E-state index contributed by atoms with van der Waals surface area (Å²) in [5.74, 6) is 0.903. The van der Waals surface area contributed by atoms with Crippen molar-refractivity contribution in [3.63, 3.8) is 0 Å². The molecule has 25 heavy (non-hydrogen) atoms. The van der Waals surface area contributed by atoms with E-state index in [9.17, 15) is 9.59 Å². The van der Waals surface area contributed by atoms with Crippen molar-refractivity contribution >= 4 is 23.5 Å². The van der Waals surface area contributed by atoms with E-state index in [0.717, 1.165) is 30.0 Å². The Labute approximate surface area is 147 Å². The van der Waals surface area contributed by atoms with Crippen molar-refractivity contribution in [3.05, 3.63) is 65.7 Å². The molecule has 0 N–H and O–H groups in total. The highest BCUT2D eigenvalue weighted by Gasteiger charge is 2.21. The van der Waals surface area contributed by atoms with Crippen LogP contribution in [0, 0.1) is 0 Å². The summed E-state index contributed by atoms with van der Waals surface area (Å²) in [6.45, 7) is 3.33. The molecule has 1 aliphatic rings. The molecule has 2 aromatic carbocycles. The second-order valence-corrected chi connectivity index (χ2v) is 5.90. The van der Waals surface area contributed by atoms with Crippen molar-refractivity contribution in [1.29, 1.82) is 0 Å². The smallest absolute Gasteiger partial charge is 0.227 e. The lowest BCUT2D eigenvalue weighted by Crippen LogP contribution is -2.23. The van der Waals surface area contributed by atoms with Crippen LogP contribution in [0.1, 0.15) is 35.7 Å². The third-order valence-electron chi connectivity index (χ3n) is 4.16. The first-order valence-corrected chi connectivity index (χ1v) is 8.53. The number of anilines is 1. The molecule has 0 bridgehead atoms. The quantitative estimate of drug-likeness (QED) is 0.589. The molecule has 4 heteroatoms. The van der Waals surface area contributed by atoms with Gasteiger partial charge in [0.1, 0.15) is 5.75 Å². The normalized spacial score (nSPS) is 14.3. The van der Waals surface area contributed by atoms with Crippen LogP contribution in [0.3, 0.4) is 0 Å². The largest absolute Gasteiger partial charge is 0.494 e. The molecule has 3 rings (SSSR count). The maximum absolute atomic E-state index is 12.3. The minimum atomic E-state index is -0.0619. The lowest BCUT2D eigenvalue weighted by Gasteiger charge is -2.15. The summed E-state index contributed by atoms with van der Waals surface area (Å²) in [6.07, 6.45) is 4.84. The zero-order valence-corrected chi connectivity index (χ0v) is 14.3. The molecular weight excluding hydrogens is 314 g/mol.